The molecule has 18 heavy (non-hydrogen) atoms. The minimum Gasteiger partial charge on any atom is -0.390 e. The summed E-state index contributed by atoms with van der Waals surface area (Å²) in [7, 11) is 0. The van der Waals surface area contributed by atoms with Gasteiger partial charge < -0.3 is 10.4 Å². The van der Waals surface area contributed by atoms with Crippen LogP contribution in [0.4, 0.5) is 5.69 Å². The predicted octanol–water partition coefficient (Wildman–Crippen LogP) is 0.155. The number of rotatable bonds is 8. The van der Waals surface area contributed by atoms with E-state index < -0.39 is 11.0 Å². The van der Waals surface area contributed by atoms with E-state index in [0.29, 0.717) is 13.0 Å². The van der Waals surface area contributed by atoms with Crippen LogP contribution in [-0.2, 0) is 6.54 Å². The van der Waals surface area contributed by atoms with Gasteiger partial charge in [-0.15, -0.1) is 12.3 Å². The van der Waals surface area contributed by atoms with Crippen molar-refractivity contribution in [3.8, 4) is 12.3 Å². The third kappa shape index (κ3) is 4.95. The van der Waals surface area contributed by atoms with Crippen molar-refractivity contribution in [1.29, 1.82) is 0 Å². The van der Waals surface area contributed by atoms with Gasteiger partial charge in [0.25, 0.3) is 0 Å². The molecular weight excluding hydrogens is 236 g/mol. The fourth-order valence-corrected chi connectivity index (χ4v) is 1.41. The molecule has 0 aliphatic heterocycles. The molecule has 1 aromatic rings. The number of aliphatic hydroxyl groups is 1. The zero-order chi connectivity index (χ0) is 13.4. The minimum atomic E-state index is -0.643. The van der Waals surface area contributed by atoms with Crippen molar-refractivity contribution in [1.82, 2.24) is 15.1 Å². The summed E-state index contributed by atoms with van der Waals surface area (Å²) in [5.41, 5.74) is -0.0795. The molecule has 1 heterocycles. The highest BCUT2D eigenvalue weighted by Crippen LogP contribution is 2.07. The molecule has 0 saturated heterocycles. The van der Waals surface area contributed by atoms with Crippen LogP contribution in [0.25, 0.3) is 0 Å². The fraction of sp³-hybridized carbons (Fsp3) is 0.545. The van der Waals surface area contributed by atoms with Crippen molar-refractivity contribution in [3.63, 3.8) is 0 Å². The third-order valence-electron chi connectivity index (χ3n) is 2.28. The number of nitrogens with zero attached hydrogens (tertiary/aromatic N) is 3. The second-order valence-electron chi connectivity index (χ2n) is 3.84. The number of aliphatic hydroxyl groups excluding tert-OH is 1. The molecule has 0 fully saturated rings. The van der Waals surface area contributed by atoms with Crippen LogP contribution in [0.15, 0.2) is 12.4 Å². The van der Waals surface area contributed by atoms with Gasteiger partial charge >= 0.3 is 5.69 Å². The summed E-state index contributed by atoms with van der Waals surface area (Å²) < 4.78 is 1.35. The van der Waals surface area contributed by atoms with E-state index in [-0.39, 0.29) is 12.2 Å². The number of hydrogen-bond acceptors (Lipinski definition) is 5. The quantitative estimate of drug-likeness (QED) is 0.297. The van der Waals surface area contributed by atoms with Crippen molar-refractivity contribution >= 4 is 5.69 Å². The average molecular weight is 252 g/mol. The molecule has 0 radical (unpaired) electrons. The Morgan fingerprint density at radius 2 is 2.50 bits per heavy atom. The summed E-state index contributed by atoms with van der Waals surface area (Å²) in [6.45, 7) is 1.36. The number of hydrogen-bond donors (Lipinski definition) is 2. The lowest BCUT2D eigenvalue weighted by atomic mass is 10.3. The Bertz CT molecular complexity index is 424. The van der Waals surface area contributed by atoms with E-state index in [9.17, 15) is 15.2 Å². The standard InChI is InChI=1S/C11H16N4O3/c1-2-3-4-5-12-7-11(16)9-14-8-10(6-13-14)15(17)18/h1,6,8,11-12,16H,3-5,7,9H2. The van der Waals surface area contributed by atoms with Crippen LogP contribution in [0.5, 0.6) is 0 Å². The molecule has 1 rings (SSSR count). The van der Waals surface area contributed by atoms with Gasteiger partial charge in [0.15, 0.2) is 0 Å². The third-order valence-corrected chi connectivity index (χ3v) is 2.28. The average Bonchev–Trinajstić information content (AvgIpc) is 2.77. The van der Waals surface area contributed by atoms with E-state index >= 15 is 0 Å². The molecule has 0 amide bonds. The van der Waals surface area contributed by atoms with Crippen molar-refractivity contribution < 1.29 is 10.0 Å². The van der Waals surface area contributed by atoms with E-state index in [1.54, 1.807) is 0 Å². The molecule has 7 heteroatoms. The van der Waals surface area contributed by atoms with Crippen LogP contribution in [0.2, 0.25) is 0 Å². The van der Waals surface area contributed by atoms with Gasteiger partial charge in [0, 0.05) is 13.0 Å². The lowest BCUT2D eigenvalue weighted by Crippen LogP contribution is -2.31. The van der Waals surface area contributed by atoms with Gasteiger partial charge in [-0.2, -0.15) is 5.10 Å². The highest BCUT2D eigenvalue weighted by Gasteiger charge is 2.11. The topological polar surface area (TPSA) is 93.2 Å². The molecule has 1 aromatic heterocycles. The summed E-state index contributed by atoms with van der Waals surface area (Å²) in [6.07, 6.45) is 8.48. The summed E-state index contributed by atoms with van der Waals surface area (Å²) in [5, 5.41) is 27.0. The van der Waals surface area contributed by atoms with Gasteiger partial charge in [-0.25, -0.2) is 0 Å². The number of nitrogens with one attached hydrogen (secondary N) is 1. The number of aromatic nitrogens is 2. The maximum absolute atomic E-state index is 10.4. The first-order valence-electron chi connectivity index (χ1n) is 5.62. The van der Waals surface area contributed by atoms with Crippen LogP contribution >= 0.6 is 0 Å². The van der Waals surface area contributed by atoms with Crippen molar-refractivity contribution in [3.05, 3.63) is 22.5 Å². The molecule has 0 bridgehead atoms. The van der Waals surface area contributed by atoms with Crippen LogP contribution in [0.1, 0.15) is 12.8 Å². The monoisotopic (exact) mass is 252 g/mol. The molecule has 1 unspecified atom stereocenters. The lowest BCUT2D eigenvalue weighted by molar-refractivity contribution is -0.385. The highest BCUT2D eigenvalue weighted by atomic mass is 16.6. The molecule has 0 aromatic carbocycles. The second-order valence-corrected chi connectivity index (χ2v) is 3.84. The largest absolute Gasteiger partial charge is 0.390 e. The summed E-state index contributed by atoms with van der Waals surface area (Å²) in [6, 6.07) is 0. The Hall–Kier alpha value is -1.91. The Balaban J connectivity index is 2.24. The first-order valence-corrected chi connectivity index (χ1v) is 5.62. The minimum absolute atomic E-state index is 0.0795. The Kier molecular flexibility index (Phi) is 5.84. The van der Waals surface area contributed by atoms with Crippen LogP contribution in [-0.4, -0.2) is 39.0 Å². The van der Waals surface area contributed by atoms with Crippen LogP contribution < -0.4 is 5.32 Å². The molecule has 0 spiro atoms. The highest BCUT2D eigenvalue weighted by molar-refractivity contribution is 5.20. The van der Waals surface area contributed by atoms with Gasteiger partial charge in [0.05, 0.1) is 17.6 Å². The van der Waals surface area contributed by atoms with Crippen LogP contribution in [0, 0.1) is 22.5 Å². The summed E-state index contributed by atoms with van der Waals surface area (Å²) in [4.78, 5) is 9.91. The van der Waals surface area contributed by atoms with Gasteiger partial charge in [-0.1, -0.05) is 0 Å². The number of unbranched alkanes of at least 4 members (excludes halogenated alkanes) is 1. The maximum atomic E-state index is 10.4. The first kappa shape index (κ1) is 14.2. The first-order chi connectivity index (χ1) is 8.63. The number of nitro groups is 1. The Labute approximate surface area is 105 Å². The molecule has 7 nitrogen and oxygen atoms in total. The van der Waals surface area contributed by atoms with E-state index in [4.69, 9.17) is 6.42 Å². The molecule has 0 saturated carbocycles. The molecule has 1 atom stereocenters. The van der Waals surface area contributed by atoms with E-state index in [0.717, 1.165) is 19.2 Å². The smallest absolute Gasteiger partial charge is 0.306 e. The summed E-state index contributed by atoms with van der Waals surface area (Å²) >= 11 is 0. The molecule has 98 valence electrons. The van der Waals surface area contributed by atoms with Crippen molar-refractivity contribution in [2.45, 2.75) is 25.5 Å². The normalized spacial score (nSPS) is 12.0. The zero-order valence-corrected chi connectivity index (χ0v) is 9.95. The Morgan fingerprint density at radius 3 is 3.11 bits per heavy atom. The van der Waals surface area contributed by atoms with E-state index in [2.05, 4.69) is 16.3 Å². The molecule has 2 N–H and O–H groups in total. The van der Waals surface area contributed by atoms with Gasteiger partial charge in [-0.05, 0) is 13.0 Å². The SMILES string of the molecule is C#CCCCNCC(O)Cn1cc([N+](=O)[O-])cn1. The van der Waals surface area contributed by atoms with E-state index in [1.165, 1.54) is 10.9 Å². The molecule has 0 aliphatic rings. The lowest BCUT2D eigenvalue weighted by Gasteiger charge is -2.11. The number of terminal acetylenes is 1. The maximum Gasteiger partial charge on any atom is 0.306 e. The van der Waals surface area contributed by atoms with Crippen LogP contribution in [0.3, 0.4) is 0 Å². The van der Waals surface area contributed by atoms with Gasteiger partial charge in [0.1, 0.15) is 12.4 Å². The summed E-state index contributed by atoms with van der Waals surface area (Å²) in [5.74, 6) is 2.53. The Morgan fingerprint density at radius 1 is 1.72 bits per heavy atom. The van der Waals surface area contributed by atoms with Gasteiger partial charge in [0.2, 0.25) is 0 Å². The molecular formula is C11H16N4O3. The zero-order valence-electron chi connectivity index (χ0n) is 9.95. The van der Waals surface area contributed by atoms with E-state index in [1.807, 2.05) is 0 Å². The molecule has 0 aliphatic carbocycles. The van der Waals surface area contributed by atoms with Gasteiger partial charge in [-0.3, -0.25) is 14.8 Å². The van der Waals surface area contributed by atoms with Crippen molar-refractivity contribution in [2.75, 3.05) is 13.1 Å². The van der Waals surface area contributed by atoms with Crippen molar-refractivity contribution in [2.24, 2.45) is 0 Å². The predicted molar refractivity (Wildman–Crippen MR) is 65.8 cm³/mol. The second kappa shape index (κ2) is 7.42. The fourth-order valence-electron chi connectivity index (χ4n) is 1.41.